The zero-order chi connectivity index (χ0) is 9.26. The molecule has 0 aliphatic heterocycles. The Bertz CT molecular complexity index is 456. The lowest BCUT2D eigenvalue weighted by Gasteiger charge is -1.99. The first-order valence-corrected chi connectivity index (χ1v) is 3.94. The number of nitrogens with one attached hydrogen (secondary N) is 1. The Balaban J connectivity index is 2.66. The van der Waals surface area contributed by atoms with E-state index < -0.39 is 0 Å². The minimum absolute atomic E-state index is 0.0215. The third kappa shape index (κ3) is 1.26. The molecule has 0 radical (unpaired) electrons. The molecule has 0 atom stereocenters. The lowest BCUT2D eigenvalue weighted by molar-refractivity contribution is 0.861. The lowest BCUT2D eigenvalue weighted by atomic mass is 10.2. The van der Waals surface area contributed by atoms with Crippen molar-refractivity contribution in [3.63, 3.8) is 0 Å². The van der Waals surface area contributed by atoms with Gasteiger partial charge < -0.3 is 4.57 Å². The number of aromatic amines is 1. The zero-order valence-corrected chi connectivity index (χ0v) is 7.19. The first-order chi connectivity index (χ1) is 6.29. The Morgan fingerprint density at radius 2 is 2.31 bits per heavy atom. The van der Waals surface area contributed by atoms with E-state index in [4.69, 9.17) is 0 Å². The molecule has 66 valence electrons. The summed E-state index contributed by atoms with van der Waals surface area (Å²) in [6.45, 7) is 0. The smallest absolute Gasteiger partial charge is 0.259 e. The molecule has 2 aromatic rings. The van der Waals surface area contributed by atoms with Crippen LogP contribution in [0.15, 0.2) is 35.4 Å². The summed E-state index contributed by atoms with van der Waals surface area (Å²) in [5.74, 6) is 0. The standard InChI is InChI=1S/C9H9N3O/c1-12-6-2-3-7(9(12)13)8-4-5-10-11-8/h2-6H,1H3,(H,10,11). The lowest BCUT2D eigenvalue weighted by Crippen LogP contribution is -2.17. The molecule has 0 spiro atoms. The van der Waals surface area contributed by atoms with Crippen LogP contribution in [-0.2, 0) is 7.05 Å². The van der Waals surface area contributed by atoms with Gasteiger partial charge >= 0.3 is 0 Å². The largest absolute Gasteiger partial charge is 0.318 e. The van der Waals surface area contributed by atoms with Gasteiger partial charge in [0.1, 0.15) is 0 Å². The van der Waals surface area contributed by atoms with Crippen molar-refractivity contribution in [1.29, 1.82) is 0 Å². The summed E-state index contributed by atoms with van der Waals surface area (Å²) in [5.41, 5.74) is 1.37. The molecular weight excluding hydrogens is 166 g/mol. The molecule has 0 fully saturated rings. The topological polar surface area (TPSA) is 50.7 Å². The summed E-state index contributed by atoms with van der Waals surface area (Å²) in [7, 11) is 1.72. The van der Waals surface area contributed by atoms with Crippen molar-refractivity contribution in [3.05, 3.63) is 40.9 Å². The number of pyridine rings is 1. The van der Waals surface area contributed by atoms with Crippen LogP contribution in [0, 0.1) is 0 Å². The van der Waals surface area contributed by atoms with Gasteiger partial charge in [0.15, 0.2) is 0 Å². The minimum Gasteiger partial charge on any atom is -0.318 e. The van der Waals surface area contributed by atoms with Gasteiger partial charge in [-0.15, -0.1) is 0 Å². The maximum Gasteiger partial charge on any atom is 0.259 e. The number of rotatable bonds is 1. The summed E-state index contributed by atoms with van der Waals surface area (Å²) >= 11 is 0. The summed E-state index contributed by atoms with van der Waals surface area (Å²) in [5, 5.41) is 6.55. The Morgan fingerprint density at radius 3 is 3.00 bits per heavy atom. The van der Waals surface area contributed by atoms with Gasteiger partial charge in [0, 0.05) is 19.4 Å². The number of nitrogens with zero attached hydrogens (tertiary/aromatic N) is 2. The van der Waals surface area contributed by atoms with Crippen LogP contribution >= 0.6 is 0 Å². The molecule has 2 aromatic heterocycles. The molecule has 0 saturated carbocycles. The van der Waals surface area contributed by atoms with Gasteiger partial charge in [0.2, 0.25) is 0 Å². The Kier molecular flexibility index (Phi) is 1.73. The first kappa shape index (κ1) is 7.79. The third-order valence-corrected chi connectivity index (χ3v) is 1.91. The number of H-pyrrole nitrogens is 1. The van der Waals surface area contributed by atoms with Crippen LogP contribution < -0.4 is 5.56 Å². The monoisotopic (exact) mass is 175 g/mol. The molecule has 13 heavy (non-hydrogen) atoms. The molecule has 0 bridgehead atoms. The first-order valence-electron chi connectivity index (χ1n) is 3.94. The minimum atomic E-state index is -0.0215. The highest BCUT2D eigenvalue weighted by Crippen LogP contribution is 2.09. The fourth-order valence-corrected chi connectivity index (χ4v) is 1.21. The van der Waals surface area contributed by atoms with Crippen molar-refractivity contribution in [2.75, 3.05) is 0 Å². The second-order valence-corrected chi connectivity index (χ2v) is 2.81. The van der Waals surface area contributed by atoms with Crippen LogP contribution in [0.25, 0.3) is 11.3 Å². The van der Waals surface area contributed by atoms with Crippen LogP contribution in [-0.4, -0.2) is 14.8 Å². The molecule has 4 heteroatoms. The number of hydrogen-bond acceptors (Lipinski definition) is 2. The summed E-state index contributed by atoms with van der Waals surface area (Å²) < 4.78 is 1.54. The van der Waals surface area contributed by atoms with Crippen LogP contribution in [0.4, 0.5) is 0 Å². The van der Waals surface area contributed by atoms with E-state index in [9.17, 15) is 4.79 Å². The van der Waals surface area contributed by atoms with Crippen molar-refractivity contribution < 1.29 is 0 Å². The number of aromatic nitrogens is 3. The Morgan fingerprint density at radius 1 is 1.46 bits per heavy atom. The predicted molar refractivity (Wildman–Crippen MR) is 49.3 cm³/mol. The zero-order valence-electron chi connectivity index (χ0n) is 7.19. The maximum absolute atomic E-state index is 11.6. The van der Waals surface area contributed by atoms with E-state index in [0.717, 1.165) is 5.69 Å². The highest BCUT2D eigenvalue weighted by molar-refractivity contribution is 5.56. The average Bonchev–Trinajstić information content (AvgIpc) is 2.62. The summed E-state index contributed by atoms with van der Waals surface area (Å²) in [6, 6.07) is 5.38. The maximum atomic E-state index is 11.6. The summed E-state index contributed by atoms with van der Waals surface area (Å²) in [4.78, 5) is 11.6. The summed E-state index contributed by atoms with van der Waals surface area (Å²) in [6.07, 6.45) is 3.35. The highest BCUT2D eigenvalue weighted by Gasteiger charge is 2.03. The molecule has 0 aromatic carbocycles. The van der Waals surface area contributed by atoms with Crippen molar-refractivity contribution in [2.24, 2.45) is 7.05 Å². The second-order valence-electron chi connectivity index (χ2n) is 2.81. The van der Waals surface area contributed by atoms with E-state index in [0.29, 0.717) is 5.56 Å². The molecule has 2 rings (SSSR count). The quantitative estimate of drug-likeness (QED) is 0.696. The predicted octanol–water partition coefficient (Wildman–Crippen LogP) is 0.775. The van der Waals surface area contributed by atoms with Gasteiger partial charge in [-0.3, -0.25) is 9.89 Å². The van der Waals surface area contributed by atoms with E-state index >= 15 is 0 Å². The van der Waals surface area contributed by atoms with Crippen molar-refractivity contribution in [3.8, 4) is 11.3 Å². The molecule has 2 heterocycles. The van der Waals surface area contributed by atoms with Crippen molar-refractivity contribution in [1.82, 2.24) is 14.8 Å². The number of hydrogen-bond donors (Lipinski definition) is 1. The van der Waals surface area contributed by atoms with E-state index in [1.807, 2.05) is 6.07 Å². The molecule has 0 saturated heterocycles. The van der Waals surface area contributed by atoms with Gasteiger partial charge in [0.05, 0.1) is 11.3 Å². The molecule has 0 amide bonds. The highest BCUT2D eigenvalue weighted by atomic mass is 16.1. The Hall–Kier alpha value is -1.84. The normalized spacial score (nSPS) is 10.2. The molecular formula is C9H9N3O. The van der Waals surface area contributed by atoms with E-state index in [2.05, 4.69) is 10.2 Å². The van der Waals surface area contributed by atoms with Gasteiger partial charge in [0.25, 0.3) is 5.56 Å². The average molecular weight is 175 g/mol. The van der Waals surface area contributed by atoms with Crippen LogP contribution in [0.5, 0.6) is 0 Å². The van der Waals surface area contributed by atoms with Gasteiger partial charge in [-0.05, 0) is 18.2 Å². The van der Waals surface area contributed by atoms with Crippen LogP contribution in [0.2, 0.25) is 0 Å². The fraction of sp³-hybridized carbons (Fsp3) is 0.111. The Labute approximate surface area is 74.8 Å². The van der Waals surface area contributed by atoms with Gasteiger partial charge in [-0.1, -0.05) is 0 Å². The SMILES string of the molecule is Cn1cccc(-c2ccn[nH]2)c1=O. The van der Waals surface area contributed by atoms with Crippen molar-refractivity contribution >= 4 is 0 Å². The van der Waals surface area contributed by atoms with Crippen LogP contribution in [0.1, 0.15) is 0 Å². The van der Waals surface area contributed by atoms with E-state index in [1.165, 1.54) is 4.57 Å². The van der Waals surface area contributed by atoms with E-state index in [1.54, 1.807) is 31.6 Å². The van der Waals surface area contributed by atoms with Gasteiger partial charge in [-0.2, -0.15) is 5.10 Å². The molecule has 0 unspecified atom stereocenters. The van der Waals surface area contributed by atoms with Crippen LogP contribution in [0.3, 0.4) is 0 Å². The fourth-order valence-electron chi connectivity index (χ4n) is 1.21. The molecule has 0 aliphatic carbocycles. The molecule has 0 aliphatic rings. The van der Waals surface area contributed by atoms with Gasteiger partial charge in [-0.25, -0.2) is 0 Å². The van der Waals surface area contributed by atoms with Crippen molar-refractivity contribution in [2.45, 2.75) is 0 Å². The van der Waals surface area contributed by atoms with E-state index in [-0.39, 0.29) is 5.56 Å². The second kappa shape index (κ2) is 2.90. The molecule has 1 N–H and O–H groups in total. The molecule has 4 nitrogen and oxygen atoms in total. The number of aryl methyl sites for hydroxylation is 1. The third-order valence-electron chi connectivity index (χ3n) is 1.91.